The summed E-state index contributed by atoms with van der Waals surface area (Å²) in [6.07, 6.45) is 1.98. The summed E-state index contributed by atoms with van der Waals surface area (Å²) in [6, 6.07) is 23.5. The van der Waals surface area contributed by atoms with Crippen molar-refractivity contribution in [3.63, 3.8) is 0 Å². The maximum Gasteiger partial charge on any atom is 0.0454 e. The number of fused-ring (bicyclic) bond motifs is 2. The van der Waals surface area contributed by atoms with E-state index >= 15 is 0 Å². The molecule has 1 heterocycles. The minimum Gasteiger partial charge on any atom is -0.380 e. The van der Waals surface area contributed by atoms with Crippen molar-refractivity contribution in [1.82, 2.24) is 4.98 Å². The highest BCUT2D eigenvalue weighted by Crippen LogP contribution is 2.24. The van der Waals surface area contributed by atoms with E-state index in [1.807, 2.05) is 6.20 Å². The van der Waals surface area contributed by atoms with Crippen LogP contribution in [-0.2, 0) is 6.54 Å². The highest BCUT2D eigenvalue weighted by Gasteiger charge is 2.01. The van der Waals surface area contributed by atoms with Crippen LogP contribution < -0.4 is 5.32 Å². The molecule has 1 aromatic heterocycles. The van der Waals surface area contributed by atoms with Crippen LogP contribution in [0.4, 0.5) is 5.69 Å². The molecule has 4 rings (SSSR count). The van der Waals surface area contributed by atoms with Crippen molar-refractivity contribution < 1.29 is 0 Å². The first-order valence-corrected chi connectivity index (χ1v) is 7.18. The van der Waals surface area contributed by atoms with Crippen molar-refractivity contribution in [1.29, 1.82) is 0 Å². The zero-order chi connectivity index (χ0) is 14.1. The molecule has 0 aliphatic carbocycles. The van der Waals surface area contributed by atoms with E-state index in [1.54, 1.807) is 0 Å². The summed E-state index contributed by atoms with van der Waals surface area (Å²) in [5, 5.41) is 7.34. The smallest absolute Gasteiger partial charge is 0.0454 e. The van der Waals surface area contributed by atoms with Crippen LogP contribution in [0.2, 0.25) is 0 Å². The second kappa shape index (κ2) is 4.98. The molecule has 0 bridgehead atoms. The van der Waals surface area contributed by atoms with Crippen molar-refractivity contribution in [2.24, 2.45) is 0 Å². The van der Waals surface area contributed by atoms with Gasteiger partial charge in [0.1, 0.15) is 0 Å². The number of hydrogen-bond donors (Lipinski definition) is 2. The molecule has 0 radical (unpaired) electrons. The number of aromatic amines is 1. The molecule has 4 aromatic rings. The summed E-state index contributed by atoms with van der Waals surface area (Å²) < 4.78 is 0. The summed E-state index contributed by atoms with van der Waals surface area (Å²) in [6.45, 7) is 0.828. The normalized spacial score (nSPS) is 11.0. The van der Waals surface area contributed by atoms with Crippen molar-refractivity contribution in [3.05, 3.63) is 78.5 Å². The zero-order valence-corrected chi connectivity index (χ0v) is 11.6. The molecular formula is C19H16N2. The summed E-state index contributed by atoms with van der Waals surface area (Å²) in [7, 11) is 0. The molecule has 0 aliphatic heterocycles. The number of hydrogen-bond acceptors (Lipinski definition) is 1. The summed E-state index contributed by atoms with van der Waals surface area (Å²) in [4.78, 5) is 3.22. The number of rotatable bonds is 3. The molecule has 0 spiro atoms. The Bertz CT molecular complexity index is 900. The quantitative estimate of drug-likeness (QED) is 0.543. The highest BCUT2D eigenvalue weighted by molar-refractivity contribution is 5.93. The fraction of sp³-hybridized carbons (Fsp3) is 0.0526. The van der Waals surface area contributed by atoms with Crippen LogP contribution in [-0.4, -0.2) is 4.98 Å². The van der Waals surface area contributed by atoms with Crippen LogP contribution in [0, 0.1) is 0 Å². The minimum atomic E-state index is 0.828. The molecule has 2 N–H and O–H groups in total. The van der Waals surface area contributed by atoms with Gasteiger partial charge in [-0.05, 0) is 40.6 Å². The van der Waals surface area contributed by atoms with E-state index in [0.29, 0.717) is 0 Å². The lowest BCUT2D eigenvalue weighted by Gasteiger charge is -2.10. The standard InChI is InChI=1S/C19H16N2/c1-2-6-17-15(4-1)5-3-7-19(17)21-13-14-8-9-18-16(12-14)10-11-20-18/h1-12,20-21H,13H2. The molecule has 21 heavy (non-hydrogen) atoms. The Hall–Kier alpha value is -2.74. The second-order valence-corrected chi connectivity index (χ2v) is 5.28. The Morgan fingerprint density at radius 2 is 1.71 bits per heavy atom. The summed E-state index contributed by atoms with van der Waals surface area (Å²) >= 11 is 0. The summed E-state index contributed by atoms with van der Waals surface area (Å²) in [5.41, 5.74) is 3.65. The monoisotopic (exact) mass is 272 g/mol. The van der Waals surface area contributed by atoms with Crippen LogP contribution in [0.5, 0.6) is 0 Å². The predicted octanol–water partition coefficient (Wildman–Crippen LogP) is 4.93. The first-order chi connectivity index (χ1) is 10.4. The molecule has 0 amide bonds. The topological polar surface area (TPSA) is 27.8 Å². The maximum atomic E-state index is 3.55. The molecule has 0 saturated carbocycles. The van der Waals surface area contributed by atoms with Gasteiger partial charge >= 0.3 is 0 Å². The van der Waals surface area contributed by atoms with Gasteiger partial charge in [-0.1, -0.05) is 42.5 Å². The van der Waals surface area contributed by atoms with Gasteiger partial charge in [-0.15, -0.1) is 0 Å². The summed E-state index contributed by atoms with van der Waals surface area (Å²) in [5.74, 6) is 0. The van der Waals surface area contributed by atoms with Gasteiger partial charge in [0.15, 0.2) is 0 Å². The predicted molar refractivity (Wildman–Crippen MR) is 89.6 cm³/mol. The lowest BCUT2D eigenvalue weighted by Crippen LogP contribution is -1.99. The van der Waals surface area contributed by atoms with E-state index < -0.39 is 0 Å². The highest BCUT2D eigenvalue weighted by atomic mass is 14.9. The Kier molecular flexibility index (Phi) is 2.86. The SMILES string of the molecule is c1ccc2c(NCc3ccc4[nH]ccc4c3)cccc2c1. The molecular weight excluding hydrogens is 256 g/mol. The molecule has 0 fully saturated rings. The zero-order valence-electron chi connectivity index (χ0n) is 11.6. The maximum absolute atomic E-state index is 3.55. The number of nitrogens with one attached hydrogen (secondary N) is 2. The average molecular weight is 272 g/mol. The van der Waals surface area contributed by atoms with Gasteiger partial charge in [0.25, 0.3) is 0 Å². The van der Waals surface area contributed by atoms with E-state index in [0.717, 1.165) is 6.54 Å². The third kappa shape index (κ3) is 2.25. The Morgan fingerprint density at radius 3 is 2.71 bits per heavy atom. The largest absolute Gasteiger partial charge is 0.380 e. The molecule has 0 aliphatic rings. The van der Waals surface area contributed by atoms with Crippen LogP contribution in [0.1, 0.15) is 5.56 Å². The average Bonchev–Trinajstić information content (AvgIpc) is 3.00. The number of H-pyrrole nitrogens is 1. The van der Waals surface area contributed by atoms with Crippen molar-refractivity contribution in [2.45, 2.75) is 6.54 Å². The molecule has 0 unspecified atom stereocenters. The van der Waals surface area contributed by atoms with E-state index in [1.165, 1.54) is 32.9 Å². The molecule has 2 nitrogen and oxygen atoms in total. The number of benzene rings is 3. The van der Waals surface area contributed by atoms with Crippen LogP contribution in [0.15, 0.2) is 72.9 Å². The molecule has 0 atom stereocenters. The van der Waals surface area contributed by atoms with Crippen LogP contribution in [0.25, 0.3) is 21.7 Å². The Morgan fingerprint density at radius 1 is 0.810 bits per heavy atom. The van der Waals surface area contributed by atoms with E-state index in [9.17, 15) is 0 Å². The molecule has 3 aromatic carbocycles. The van der Waals surface area contributed by atoms with Gasteiger partial charge < -0.3 is 10.3 Å². The molecule has 0 saturated heterocycles. The van der Waals surface area contributed by atoms with Gasteiger partial charge in [0.2, 0.25) is 0 Å². The van der Waals surface area contributed by atoms with Crippen LogP contribution >= 0.6 is 0 Å². The van der Waals surface area contributed by atoms with Crippen molar-refractivity contribution in [3.8, 4) is 0 Å². The lowest BCUT2D eigenvalue weighted by atomic mass is 10.1. The fourth-order valence-corrected chi connectivity index (χ4v) is 2.79. The second-order valence-electron chi connectivity index (χ2n) is 5.28. The Labute approximate surface area is 123 Å². The number of anilines is 1. The first-order valence-electron chi connectivity index (χ1n) is 7.18. The first kappa shape index (κ1) is 12.0. The van der Waals surface area contributed by atoms with Crippen molar-refractivity contribution in [2.75, 3.05) is 5.32 Å². The van der Waals surface area contributed by atoms with Gasteiger partial charge in [0, 0.05) is 29.3 Å². The van der Waals surface area contributed by atoms with Gasteiger partial charge in [-0.3, -0.25) is 0 Å². The third-order valence-corrected chi connectivity index (χ3v) is 3.89. The molecule has 2 heteroatoms. The fourth-order valence-electron chi connectivity index (χ4n) is 2.79. The van der Waals surface area contributed by atoms with Gasteiger partial charge in [-0.2, -0.15) is 0 Å². The van der Waals surface area contributed by atoms with Gasteiger partial charge in [-0.25, -0.2) is 0 Å². The Balaban J connectivity index is 1.63. The van der Waals surface area contributed by atoms with E-state index in [-0.39, 0.29) is 0 Å². The van der Waals surface area contributed by atoms with E-state index in [2.05, 4.69) is 77.0 Å². The third-order valence-electron chi connectivity index (χ3n) is 3.89. The van der Waals surface area contributed by atoms with Crippen LogP contribution in [0.3, 0.4) is 0 Å². The van der Waals surface area contributed by atoms with E-state index in [4.69, 9.17) is 0 Å². The van der Waals surface area contributed by atoms with Crippen molar-refractivity contribution >= 4 is 27.4 Å². The minimum absolute atomic E-state index is 0.828. The lowest BCUT2D eigenvalue weighted by molar-refractivity contribution is 1.16. The van der Waals surface area contributed by atoms with Gasteiger partial charge in [0.05, 0.1) is 0 Å². The number of aromatic nitrogens is 1. The molecule has 102 valence electrons.